The van der Waals surface area contributed by atoms with Crippen LogP contribution in [0.25, 0.3) is 38.9 Å². The van der Waals surface area contributed by atoms with Crippen molar-refractivity contribution in [1.82, 2.24) is 29.3 Å². The number of alkyl halides is 3. The van der Waals surface area contributed by atoms with Gasteiger partial charge in [0.25, 0.3) is 5.56 Å². The molecule has 6 rings (SSSR count). The third-order valence-corrected chi connectivity index (χ3v) is 8.13. The van der Waals surface area contributed by atoms with E-state index in [2.05, 4.69) is 24.8 Å². The molecule has 0 saturated heterocycles. The van der Waals surface area contributed by atoms with Crippen molar-refractivity contribution in [3.05, 3.63) is 105 Å². The maximum atomic E-state index is 14.3. The van der Waals surface area contributed by atoms with Crippen LogP contribution in [-0.2, 0) is 29.7 Å². The SMILES string of the molecule is Cn1nc(NS(C)(=O)=O)c2c(Cl)ccc(-n3c([C@@H](N)Cc4cc(F)cc(F)c4)nc4cc(-c5nccc(C(F)(F)F)n5)ccc4c3=O)c21. The third-order valence-electron chi connectivity index (χ3n) is 7.25. The molecule has 0 saturated carbocycles. The summed E-state index contributed by atoms with van der Waals surface area (Å²) in [6, 6.07) is 9.25. The first kappa shape index (κ1) is 32.9. The maximum absolute atomic E-state index is 14.3. The summed E-state index contributed by atoms with van der Waals surface area (Å²) in [6.07, 6.45) is -3.06. The first-order chi connectivity index (χ1) is 22.5. The smallest absolute Gasteiger partial charge is 0.321 e. The van der Waals surface area contributed by atoms with Gasteiger partial charge in [-0.25, -0.2) is 32.2 Å². The summed E-state index contributed by atoms with van der Waals surface area (Å²) in [5.74, 6) is -2.21. The van der Waals surface area contributed by atoms with Crippen LogP contribution in [0.3, 0.4) is 0 Å². The van der Waals surface area contributed by atoms with E-state index in [1.807, 2.05) is 0 Å². The zero-order chi connectivity index (χ0) is 34.7. The van der Waals surface area contributed by atoms with Gasteiger partial charge in [0.15, 0.2) is 11.6 Å². The second kappa shape index (κ2) is 11.9. The number of aryl methyl sites for hydroxylation is 1. The minimum absolute atomic E-state index is 0.0122. The second-order valence-electron chi connectivity index (χ2n) is 10.8. The number of sulfonamides is 1. The summed E-state index contributed by atoms with van der Waals surface area (Å²) >= 11 is 6.48. The van der Waals surface area contributed by atoms with Crippen molar-refractivity contribution < 1.29 is 30.4 Å². The minimum atomic E-state index is -4.73. The normalized spacial score (nSPS) is 12.9. The van der Waals surface area contributed by atoms with Crippen LogP contribution in [-0.4, -0.2) is 44.0 Å². The van der Waals surface area contributed by atoms with Crippen LogP contribution >= 0.6 is 11.6 Å². The molecular formula is C30H22ClF5N8O3S. The lowest BCUT2D eigenvalue weighted by molar-refractivity contribution is -0.141. The van der Waals surface area contributed by atoms with Crippen LogP contribution in [0.15, 0.2) is 65.6 Å². The number of halogens is 6. The summed E-state index contributed by atoms with van der Waals surface area (Å²) in [7, 11) is -2.32. The number of fused-ring (bicyclic) bond motifs is 2. The first-order valence-electron chi connectivity index (χ1n) is 13.8. The Morgan fingerprint density at radius 1 is 1.02 bits per heavy atom. The largest absolute Gasteiger partial charge is 0.433 e. The van der Waals surface area contributed by atoms with E-state index in [9.17, 15) is 35.2 Å². The number of aromatic nitrogens is 6. The van der Waals surface area contributed by atoms with Crippen molar-refractivity contribution in [3.8, 4) is 17.1 Å². The van der Waals surface area contributed by atoms with Crippen LogP contribution in [0.4, 0.5) is 27.8 Å². The molecule has 48 heavy (non-hydrogen) atoms. The minimum Gasteiger partial charge on any atom is -0.321 e. The number of nitrogens with two attached hydrogens (primary N) is 1. The van der Waals surface area contributed by atoms with Crippen molar-refractivity contribution in [1.29, 1.82) is 0 Å². The Balaban J connectivity index is 1.61. The number of nitrogens with zero attached hydrogens (tertiary/aromatic N) is 6. The summed E-state index contributed by atoms with van der Waals surface area (Å²) in [5.41, 5.74) is 5.34. The Labute approximate surface area is 272 Å². The first-order valence-corrected chi connectivity index (χ1v) is 16.1. The molecule has 3 heterocycles. The molecule has 1 atom stereocenters. The molecule has 6 aromatic rings. The zero-order valence-corrected chi connectivity index (χ0v) is 26.3. The Kier molecular flexibility index (Phi) is 8.17. The van der Waals surface area contributed by atoms with Gasteiger partial charge in [0, 0.05) is 24.9 Å². The number of nitrogens with one attached hydrogen (secondary N) is 1. The van der Waals surface area contributed by atoms with Gasteiger partial charge in [0.1, 0.15) is 23.2 Å². The average molecular weight is 705 g/mol. The molecule has 0 aliphatic carbocycles. The fourth-order valence-corrected chi connectivity index (χ4v) is 6.08. The zero-order valence-electron chi connectivity index (χ0n) is 24.7. The average Bonchev–Trinajstić information content (AvgIpc) is 3.31. The highest BCUT2D eigenvalue weighted by Gasteiger charge is 2.33. The van der Waals surface area contributed by atoms with Crippen molar-refractivity contribution >= 4 is 49.2 Å². The van der Waals surface area contributed by atoms with Crippen molar-refractivity contribution in [3.63, 3.8) is 0 Å². The highest BCUT2D eigenvalue weighted by Crippen LogP contribution is 2.36. The third kappa shape index (κ3) is 6.31. The van der Waals surface area contributed by atoms with E-state index in [-0.39, 0.29) is 67.5 Å². The lowest BCUT2D eigenvalue weighted by Gasteiger charge is -2.20. The summed E-state index contributed by atoms with van der Waals surface area (Å²) < 4.78 is 97.1. The molecule has 248 valence electrons. The summed E-state index contributed by atoms with van der Waals surface area (Å²) in [6.45, 7) is 0. The van der Waals surface area contributed by atoms with Crippen LogP contribution < -0.4 is 16.0 Å². The quantitative estimate of drug-likeness (QED) is 0.213. The van der Waals surface area contributed by atoms with Crippen molar-refractivity contribution in [2.45, 2.75) is 18.6 Å². The molecule has 3 aromatic carbocycles. The molecule has 0 spiro atoms. The predicted octanol–water partition coefficient (Wildman–Crippen LogP) is 5.29. The van der Waals surface area contributed by atoms with E-state index in [0.717, 1.165) is 35.2 Å². The van der Waals surface area contributed by atoms with Gasteiger partial charge in [0.05, 0.1) is 44.8 Å². The molecule has 0 unspecified atom stereocenters. The number of hydrogen-bond donors (Lipinski definition) is 2. The monoisotopic (exact) mass is 704 g/mol. The van der Waals surface area contributed by atoms with E-state index in [1.165, 1.54) is 42.1 Å². The molecular weight excluding hydrogens is 683 g/mol. The van der Waals surface area contributed by atoms with E-state index < -0.39 is 45.1 Å². The van der Waals surface area contributed by atoms with Gasteiger partial charge in [-0.1, -0.05) is 17.7 Å². The molecule has 0 aliphatic heterocycles. The number of rotatable bonds is 7. The van der Waals surface area contributed by atoms with E-state index in [4.69, 9.17) is 17.3 Å². The molecule has 0 amide bonds. The van der Waals surface area contributed by atoms with Crippen LogP contribution in [0.2, 0.25) is 5.02 Å². The van der Waals surface area contributed by atoms with E-state index in [1.54, 1.807) is 0 Å². The Bertz CT molecular complexity index is 2410. The summed E-state index contributed by atoms with van der Waals surface area (Å²) in [4.78, 5) is 26.5. The maximum Gasteiger partial charge on any atom is 0.433 e. The number of benzene rings is 3. The fraction of sp³-hybridized carbons (Fsp3) is 0.167. The van der Waals surface area contributed by atoms with Crippen molar-refractivity contribution in [2.24, 2.45) is 12.8 Å². The van der Waals surface area contributed by atoms with Crippen LogP contribution in [0, 0.1) is 11.6 Å². The highest BCUT2D eigenvalue weighted by molar-refractivity contribution is 7.92. The van der Waals surface area contributed by atoms with E-state index >= 15 is 0 Å². The molecule has 0 fully saturated rings. The molecule has 0 aliphatic rings. The highest BCUT2D eigenvalue weighted by atomic mass is 35.5. The van der Waals surface area contributed by atoms with Gasteiger partial charge in [-0.05, 0) is 54.4 Å². The Hall–Kier alpha value is -5.00. The van der Waals surface area contributed by atoms with Crippen LogP contribution in [0.5, 0.6) is 0 Å². The fourth-order valence-electron chi connectivity index (χ4n) is 5.34. The van der Waals surface area contributed by atoms with Gasteiger partial charge in [-0.2, -0.15) is 18.3 Å². The molecule has 18 heteroatoms. The molecule has 0 radical (unpaired) electrons. The lowest BCUT2D eigenvalue weighted by atomic mass is 10.0. The topological polar surface area (TPSA) is 151 Å². The van der Waals surface area contributed by atoms with Gasteiger partial charge >= 0.3 is 6.18 Å². The standard InChI is InChI=1S/C30H22ClF5N8O3S/c1-43-25-22(6-5-19(31)24(25)27(41-43)42-48(2,46)47)44-28(20(37)11-14-9-16(32)13-17(33)10-14)39-21-12-15(3-4-18(21)29(44)45)26-38-8-7-23(40-26)30(34,35)36/h3-10,12-13,20H,11,37H2,1-2H3,(H,41,42)/t20-/m0/s1. The van der Waals surface area contributed by atoms with Gasteiger partial charge in [0.2, 0.25) is 10.0 Å². The van der Waals surface area contributed by atoms with Gasteiger partial charge in [-0.15, -0.1) is 0 Å². The Morgan fingerprint density at radius 3 is 2.40 bits per heavy atom. The molecule has 3 N–H and O–H groups in total. The van der Waals surface area contributed by atoms with Gasteiger partial charge in [-0.3, -0.25) is 18.8 Å². The number of anilines is 1. The number of hydrogen-bond acceptors (Lipinski definition) is 8. The molecule has 11 nitrogen and oxygen atoms in total. The predicted molar refractivity (Wildman–Crippen MR) is 168 cm³/mol. The van der Waals surface area contributed by atoms with Gasteiger partial charge < -0.3 is 5.73 Å². The molecule has 0 bridgehead atoms. The lowest BCUT2D eigenvalue weighted by Crippen LogP contribution is -2.30. The van der Waals surface area contributed by atoms with Crippen molar-refractivity contribution in [2.75, 3.05) is 11.0 Å². The summed E-state index contributed by atoms with van der Waals surface area (Å²) in [5, 5.41) is 4.50. The second-order valence-corrected chi connectivity index (χ2v) is 13.0. The van der Waals surface area contributed by atoms with Crippen LogP contribution in [0.1, 0.15) is 23.1 Å². The Morgan fingerprint density at radius 2 is 1.73 bits per heavy atom. The van der Waals surface area contributed by atoms with E-state index in [0.29, 0.717) is 6.07 Å². The molecule has 3 aromatic heterocycles.